The van der Waals surface area contributed by atoms with Gasteiger partial charge in [-0.3, -0.25) is 10.1 Å². The van der Waals surface area contributed by atoms with Crippen molar-refractivity contribution in [3.05, 3.63) is 59.3 Å². The lowest BCUT2D eigenvalue weighted by molar-refractivity contribution is 0.102. The molecule has 1 N–H and O–H groups in total. The number of nitrogens with zero attached hydrogens (tertiary/aromatic N) is 5. The van der Waals surface area contributed by atoms with Gasteiger partial charge in [0, 0.05) is 23.2 Å². The highest BCUT2D eigenvalue weighted by Gasteiger charge is 2.18. The number of benzene rings is 2. The van der Waals surface area contributed by atoms with Crippen LogP contribution in [0, 0.1) is 6.92 Å². The van der Waals surface area contributed by atoms with Crippen LogP contribution in [0.1, 0.15) is 28.5 Å². The normalized spacial score (nSPS) is 10.8. The lowest BCUT2D eigenvalue weighted by Gasteiger charge is -2.07. The van der Waals surface area contributed by atoms with E-state index in [4.69, 9.17) is 9.47 Å². The lowest BCUT2D eigenvalue weighted by atomic mass is 10.1. The van der Waals surface area contributed by atoms with E-state index in [1.165, 1.54) is 19.8 Å². The summed E-state index contributed by atoms with van der Waals surface area (Å²) in [5, 5.41) is 11.7. The number of carbonyl (C=O) groups is 1. The van der Waals surface area contributed by atoms with E-state index in [0.29, 0.717) is 33.7 Å². The fourth-order valence-corrected chi connectivity index (χ4v) is 3.73. The molecule has 4 aromatic rings. The van der Waals surface area contributed by atoms with Crippen LogP contribution in [0.25, 0.3) is 17.2 Å². The summed E-state index contributed by atoms with van der Waals surface area (Å²) in [7, 11) is 3.06. The van der Waals surface area contributed by atoms with Crippen LogP contribution >= 0.6 is 11.5 Å². The maximum atomic E-state index is 12.7. The molecule has 0 unspecified atom stereocenters. The zero-order valence-corrected chi connectivity index (χ0v) is 18.9. The molecule has 0 bridgehead atoms. The molecule has 2 heterocycles. The molecule has 0 aliphatic carbocycles. The number of amides is 1. The molecule has 10 heteroatoms. The molecule has 0 aliphatic heterocycles. The Morgan fingerprint density at radius 1 is 1.12 bits per heavy atom. The Balaban J connectivity index is 1.56. The lowest BCUT2D eigenvalue weighted by Crippen LogP contribution is -2.12. The van der Waals surface area contributed by atoms with Gasteiger partial charge < -0.3 is 9.47 Å². The summed E-state index contributed by atoms with van der Waals surface area (Å²) in [6.45, 7) is 4.02. The van der Waals surface area contributed by atoms with Crippen molar-refractivity contribution < 1.29 is 14.3 Å². The quantitative estimate of drug-likeness (QED) is 0.455. The molecular formula is C22H22N6O3S. The maximum absolute atomic E-state index is 12.7. The predicted octanol–water partition coefficient (Wildman–Crippen LogP) is 3.93. The third kappa shape index (κ3) is 4.30. The van der Waals surface area contributed by atoms with Crippen LogP contribution in [0.3, 0.4) is 0 Å². The molecule has 0 atom stereocenters. The van der Waals surface area contributed by atoms with Crippen LogP contribution in [0.4, 0.5) is 5.13 Å². The number of rotatable bonds is 7. The Morgan fingerprint density at radius 3 is 2.56 bits per heavy atom. The number of aromatic nitrogens is 5. The first-order valence-electron chi connectivity index (χ1n) is 9.92. The summed E-state index contributed by atoms with van der Waals surface area (Å²) >= 11 is 1.07. The molecule has 1 amide bonds. The highest BCUT2D eigenvalue weighted by Crippen LogP contribution is 2.26. The molecular weight excluding hydrogens is 428 g/mol. The van der Waals surface area contributed by atoms with Gasteiger partial charge in [0.2, 0.25) is 5.13 Å². The van der Waals surface area contributed by atoms with Gasteiger partial charge in [0.1, 0.15) is 11.5 Å². The van der Waals surface area contributed by atoms with Crippen molar-refractivity contribution in [2.45, 2.75) is 20.3 Å². The minimum Gasteiger partial charge on any atom is -0.497 e. The summed E-state index contributed by atoms with van der Waals surface area (Å²) in [4.78, 5) is 17.1. The second-order valence-corrected chi connectivity index (χ2v) is 7.69. The van der Waals surface area contributed by atoms with Crippen LogP contribution in [0.15, 0.2) is 42.5 Å². The molecule has 32 heavy (non-hydrogen) atoms. The predicted molar refractivity (Wildman–Crippen MR) is 122 cm³/mol. The van der Waals surface area contributed by atoms with E-state index >= 15 is 0 Å². The molecule has 0 radical (unpaired) electrons. The number of anilines is 1. The minimum absolute atomic E-state index is 0.346. The van der Waals surface area contributed by atoms with Crippen molar-refractivity contribution in [3.63, 3.8) is 0 Å². The third-order valence-electron chi connectivity index (χ3n) is 4.93. The fraction of sp³-hybridized carbons (Fsp3) is 0.227. The zero-order chi connectivity index (χ0) is 22.7. The van der Waals surface area contributed by atoms with Crippen molar-refractivity contribution in [2.24, 2.45) is 0 Å². The van der Waals surface area contributed by atoms with Crippen LogP contribution < -0.4 is 14.8 Å². The van der Waals surface area contributed by atoms with Crippen molar-refractivity contribution in [1.29, 1.82) is 0 Å². The Bertz CT molecular complexity index is 1240. The molecule has 0 saturated heterocycles. The van der Waals surface area contributed by atoms with E-state index in [2.05, 4.69) is 44.0 Å². The molecule has 164 valence electrons. The van der Waals surface area contributed by atoms with Gasteiger partial charge in [-0.2, -0.15) is 9.36 Å². The summed E-state index contributed by atoms with van der Waals surface area (Å²) in [6.07, 6.45) is 0.935. The van der Waals surface area contributed by atoms with Crippen molar-refractivity contribution in [1.82, 2.24) is 24.4 Å². The minimum atomic E-state index is -0.346. The van der Waals surface area contributed by atoms with Gasteiger partial charge in [0.25, 0.3) is 5.91 Å². The Labute approximate surface area is 189 Å². The summed E-state index contributed by atoms with van der Waals surface area (Å²) in [6, 6.07) is 13.1. The van der Waals surface area contributed by atoms with E-state index < -0.39 is 0 Å². The highest BCUT2D eigenvalue weighted by molar-refractivity contribution is 7.10. The first-order valence-corrected chi connectivity index (χ1v) is 10.7. The molecule has 0 spiro atoms. The molecule has 9 nitrogen and oxygen atoms in total. The van der Waals surface area contributed by atoms with Crippen LogP contribution in [0.5, 0.6) is 11.5 Å². The van der Waals surface area contributed by atoms with E-state index in [1.807, 2.05) is 19.1 Å². The van der Waals surface area contributed by atoms with Crippen molar-refractivity contribution in [3.8, 4) is 28.7 Å². The second kappa shape index (κ2) is 9.15. The average Bonchev–Trinajstić information content (AvgIpc) is 3.44. The number of methoxy groups -OCH3 is 2. The van der Waals surface area contributed by atoms with Crippen LogP contribution in [-0.2, 0) is 6.42 Å². The molecule has 0 fully saturated rings. The fourth-order valence-electron chi connectivity index (χ4n) is 3.17. The number of nitrogens with one attached hydrogen (secondary N) is 1. The zero-order valence-electron chi connectivity index (χ0n) is 18.1. The summed E-state index contributed by atoms with van der Waals surface area (Å²) in [5.41, 5.74) is 3.90. The van der Waals surface area contributed by atoms with E-state index in [9.17, 15) is 4.79 Å². The summed E-state index contributed by atoms with van der Waals surface area (Å²) in [5.74, 6) is 1.10. The highest BCUT2D eigenvalue weighted by atomic mass is 32.1. The molecule has 4 rings (SSSR count). The largest absolute Gasteiger partial charge is 0.497 e. The van der Waals surface area contributed by atoms with E-state index in [-0.39, 0.29) is 5.91 Å². The number of aryl methyl sites for hydroxylation is 1. The molecule has 2 aromatic carbocycles. The SMILES string of the molecule is CCc1cccc(-n2nnc(-c3nsc(NC(=O)c4cc(OC)cc(OC)c4)n3)c2C)c1. The first kappa shape index (κ1) is 21.4. The topological polar surface area (TPSA) is 104 Å². The van der Waals surface area contributed by atoms with Crippen molar-refractivity contribution >= 4 is 22.6 Å². The average molecular weight is 451 g/mol. The summed E-state index contributed by atoms with van der Waals surface area (Å²) < 4.78 is 16.6. The van der Waals surface area contributed by atoms with Gasteiger partial charge in [-0.05, 0) is 43.2 Å². The number of hydrogen-bond donors (Lipinski definition) is 1. The third-order valence-corrected chi connectivity index (χ3v) is 5.56. The van der Waals surface area contributed by atoms with Gasteiger partial charge in [0.05, 0.1) is 25.6 Å². The Kier molecular flexibility index (Phi) is 6.13. The second-order valence-electron chi connectivity index (χ2n) is 6.94. The Morgan fingerprint density at radius 2 is 1.88 bits per heavy atom. The standard InChI is InChI=1S/C22H22N6O3S/c1-5-14-7-6-8-16(9-14)28-13(2)19(25-27-28)20-23-22(32-26-20)24-21(29)15-10-17(30-3)12-18(11-15)31-4/h6-12H,5H2,1-4H3,(H,23,24,26,29). The number of carbonyl (C=O) groups excluding carboxylic acids is 1. The Hall–Kier alpha value is -3.79. The molecule has 0 aliphatic rings. The molecule has 0 saturated carbocycles. The van der Waals surface area contributed by atoms with Crippen molar-refractivity contribution in [2.75, 3.05) is 19.5 Å². The van der Waals surface area contributed by atoms with E-state index in [1.54, 1.807) is 22.9 Å². The first-order chi connectivity index (χ1) is 15.5. The van der Waals surface area contributed by atoms with Gasteiger partial charge in [-0.15, -0.1) is 5.10 Å². The smallest absolute Gasteiger partial charge is 0.257 e. The van der Waals surface area contributed by atoms with E-state index in [0.717, 1.165) is 29.3 Å². The van der Waals surface area contributed by atoms with Gasteiger partial charge in [-0.25, -0.2) is 4.68 Å². The van der Waals surface area contributed by atoms with Crippen LogP contribution in [-0.4, -0.2) is 44.5 Å². The number of ether oxygens (including phenoxy) is 2. The molecule has 2 aromatic heterocycles. The van der Waals surface area contributed by atoms with Crippen LogP contribution in [0.2, 0.25) is 0 Å². The monoisotopic (exact) mass is 450 g/mol. The van der Waals surface area contributed by atoms with Gasteiger partial charge in [0.15, 0.2) is 11.5 Å². The van der Waals surface area contributed by atoms with Gasteiger partial charge >= 0.3 is 0 Å². The van der Waals surface area contributed by atoms with Gasteiger partial charge in [-0.1, -0.05) is 24.3 Å². The maximum Gasteiger partial charge on any atom is 0.257 e. The number of hydrogen-bond acceptors (Lipinski definition) is 8.